The largest absolute Gasteiger partial charge is 0.381 e. The number of benzene rings is 1. The first-order valence-electron chi connectivity index (χ1n) is 7.79. The minimum Gasteiger partial charge on any atom is -0.381 e. The Hall–Kier alpha value is -0.280. The third-order valence-electron chi connectivity index (χ3n) is 5.54. The van der Waals surface area contributed by atoms with Crippen LogP contribution in [0.1, 0.15) is 38.2 Å². The van der Waals surface area contributed by atoms with Crippen molar-refractivity contribution in [3.63, 3.8) is 0 Å². The van der Waals surface area contributed by atoms with Gasteiger partial charge in [-0.05, 0) is 43.5 Å². The van der Waals surface area contributed by atoms with E-state index in [2.05, 4.69) is 24.4 Å². The van der Waals surface area contributed by atoms with E-state index in [1.54, 1.807) is 0 Å². The number of rotatable bonds is 5. The van der Waals surface area contributed by atoms with Crippen molar-refractivity contribution in [2.75, 3.05) is 20.2 Å². The molecule has 0 radical (unpaired) electrons. The Morgan fingerprint density at radius 3 is 2.81 bits per heavy atom. The molecule has 1 saturated heterocycles. The smallest absolute Gasteiger partial charge is 0.0648 e. The zero-order valence-electron chi connectivity index (χ0n) is 12.7. The van der Waals surface area contributed by atoms with Crippen LogP contribution in [0.3, 0.4) is 0 Å². The van der Waals surface area contributed by atoms with Crippen LogP contribution >= 0.6 is 23.2 Å². The van der Waals surface area contributed by atoms with Gasteiger partial charge in [0.05, 0.1) is 16.1 Å². The van der Waals surface area contributed by atoms with Crippen LogP contribution in [-0.2, 0) is 10.2 Å². The maximum atomic E-state index is 6.25. The second-order valence-electron chi connectivity index (χ2n) is 6.48. The van der Waals surface area contributed by atoms with Gasteiger partial charge in [0.15, 0.2) is 0 Å². The van der Waals surface area contributed by atoms with E-state index >= 15 is 0 Å². The number of hydrogen-bond acceptors (Lipinski definition) is 2. The number of ether oxygens (including phenoxy) is 1. The Morgan fingerprint density at radius 2 is 2.14 bits per heavy atom. The van der Waals surface area contributed by atoms with E-state index in [4.69, 9.17) is 27.9 Å². The lowest BCUT2D eigenvalue weighted by molar-refractivity contribution is 0.0150. The standard InChI is InChI=1S/C17H23Cl2NO/c1-3-4-15(21-2)17-10-16(17,7-8-20-11-17)12-5-6-13(18)14(19)9-12/h5-6,9,15,20H,3-4,7-8,10-11H2,1-2H3/t15-,16-,17?/m1/s1. The molecule has 3 rings (SSSR count). The maximum absolute atomic E-state index is 6.25. The zero-order valence-corrected chi connectivity index (χ0v) is 14.2. The summed E-state index contributed by atoms with van der Waals surface area (Å²) in [7, 11) is 1.85. The summed E-state index contributed by atoms with van der Waals surface area (Å²) in [4.78, 5) is 0. The minimum absolute atomic E-state index is 0.211. The second-order valence-corrected chi connectivity index (χ2v) is 7.30. The Balaban J connectivity index is 1.97. The van der Waals surface area contributed by atoms with Gasteiger partial charge < -0.3 is 10.1 Å². The van der Waals surface area contributed by atoms with E-state index in [1.165, 1.54) is 12.0 Å². The van der Waals surface area contributed by atoms with Crippen LogP contribution in [0.5, 0.6) is 0 Å². The van der Waals surface area contributed by atoms with Gasteiger partial charge in [-0.2, -0.15) is 0 Å². The molecule has 1 aromatic rings. The van der Waals surface area contributed by atoms with Crippen LogP contribution in [0.2, 0.25) is 10.0 Å². The second kappa shape index (κ2) is 5.73. The van der Waals surface area contributed by atoms with Crippen molar-refractivity contribution in [3.8, 4) is 0 Å². The molecular weight excluding hydrogens is 305 g/mol. The van der Waals surface area contributed by atoms with Crippen LogP contribution in [-0.4, -0.2) is 26.3 Å². The molecule has 0 amide bonds. The van der Waals surface area contributed by atoms with E-state index < -0.39 is 0 Å². The summed E-state index contributed by atoms with van der Waals surface area (Å²) in [5, 5.41) is 4.86. The van der Waals surface area contributed by atoms with Gasteiger partial charge in [0, 0.05) is 24.5 Å². The van der Waals surface area contributed by atoms with Gasteiger partial charge >= 0.3 is 0 Å². The molecule has 116 valence electrons. The lowest BCUT2D eigenvalue weighted by Gasteiger charge is -2.36. The SMILES string of the molecule is CCC[C@@H](OC)C12CNCC[C@]1(c1ccc(Cl)c(Cl)c1)C2. The highest BCUT2D eigenvalue weighted by Gasteiger charge is 2.71. The fourth-order valence-electron chi connectivity index (χ4n) is 4.42. The van der Waals surface area contributed by atoms with E-state index in [9.17, 15) is 0 Å². The molecule has 3 atom stereocenters. The van der Waals surface area contributed by atoms with Crippen molar-refractivity contribution in [2.45, 2.75) is 44.1 Å². The van der Waals surface area contributed by atoms with Gasteiger partial charge in [0.1, 0.15) is 0 Å². The lowest BCUT2D eigenvalue weighted by atomic mass is 9.77. The van der Waals surface area contributed by atoms with Crippen LogP contribution < -0.4 is 5.32 Å². The number of methoxy groups -OCH3 is 1. The quantitative estimate of drug-likeness (QED) is 0.863. The Bertz CT molecular complexity index is 536. The molecule has 0 aromatic heterocycles. The molecule has 1 aliphatic heterocycles. The molecule has 1 N–H and O–H groups in total. The molecule has 1 unspecified atom stereocenters. The summed E-state index contributed by atoms with van der Waals surface area (Å²) in [6, 6.07) is 6.15. The van der Waals surface area contributed by atoms with Crippen molar-refractivity contribution < 1.29 is 4.74 Å². The predicted molar refractivity (Wildman–Crippen MR) is 88.4 cm³/mol. The van der Waals surface area contributed by atoms with Crippen molar-refractivity contribution in [2.24, 2.45) is 5.41 Å². The summed E-state index contributed by atoms with van der Waals surface area (Å²) >= 11 is 12.3. The highest BCUT2D eigenvalue weighted by atomic mass is 35.5. The van der Waals surface area contributed by atoms with Gasteiger partial charge in [0.2, 0.25) is 0 Å². The van der Waals surface area contributed by atoms with Gasteiger partial charge in [-0.25, -0.2) is 0 Å². The normalized spacial score (nSPS) is 32.6. The summed E-state index contributed by atoms with van der Waals surface area (Å²) in [6.07, 6.45) is 4.90. The monoisotopic (exact) mass is 327 g/mol. The summed E-state index contributed by atoms with van der Waals surface area (Å²) in [5.74, 6) is 0. The van der Waals surface area contributed by atoms with Gasteiger partial charge in [-0.15, -0.1) is 0 Å². The minimum atomic E-state index is 0.211. The molecule has 0 spiro atoms. The van der Waals surface area contributed by atoms with Crippen LogP contribution in [0.15, 0.2) is 18.2 Å². The average molecular weight is 328 g/mol. The highest BCUT2D eigenvalue weighted by molar-refractivity contribution is 6.42. The predicted octanol–water partition coefficient (Wildman–Crippen LogP) is 4.43. The third kappa shape index (κ3) is 2.31. The molecule has 1 aromatic carbocycles. The zero-order chi connectivity index (χ0) is 15.1. The first-order chi connectivity index (χ1) is 10.1. The Kier molecular flexibility index (Phi) is 4.26. The fourth-order valence-corrected chi connectivity index (χ4v) is 4.72. The molecule has 1 saturated carbocycles. The molecule has 1 aliphatic carbocycles. The van der Waals surface area contributed by atoms with Gasteiger partial charge in [-0.3, -0.25) is 0 Å². The number of fused-ring (bicyclic) bond motifs is 1. The van der Waals surface area contributed by atoms with Gasteiger partial charge in [-0.1, -0.05) is 42.6 Å². The van der Waals surface area contributed by atoms with Crippen LogP contribution in [0, 0.1) is 5.41 Å². The first-order valence-corrected chi connectivity index (χ1v) is 8.54. The third-order valence-corrected chi connectivity index (χ3v) is 6.28. The topological polar surface area (TPSA) is 21.3 Å². The van der Waals surface area contributed by atoms with E-state index in [0.717, 1.165) is 32.4 Å². The number of halogens is 2. The van der Waals surface area contributed by atoms with E-state index in [-0.39, 0.29) is 10.8 Å². The van der Waals surface area contributed by atoms with Crippen molar-refractivity contribution in [1.29, 1.82) is 0 Å². The van der Waals surface area contributed by atoms with Gasteiger partial charge in [0.25, 0.3) is 0 Å². The molecule has 2 fully saturated rings. The highest BCUT2D eigenvalue weighted by Crippen LogP contribution is 2.70. The molecule has 0 bridgehead atoms. The molecule has 1 heterocycles. The Morgan fingerprint density at radius 1 is 1.33 bits per heavy atom. The Labute approximate surface area is 137 Å². The fraction of sp³-hybridized carbons (Fsp3) is 0.647. The van der Waals surface area contributed by atoms with Crippen LogP contribution in [0.4, 0.5) is 0 Å². The van der Waals surface area contributed by atoms with E-state index in [1.807, 2.05) is 13.2 Å². The van der Waals surface area contributed by atoms with E-state index in [0.29, 0.717) is 16.1 Å². The van der Waals surface area contributed by atoms with Crippen molar-refractivity contribution in [3.05, 3.63) is 33.8 Å². The van der Waals surface area contributed by atoms with Crippen LogP contribution in [0.25, 0.3) is 0 Å². The summed E-state index contributed by atoms with van der Waals surface area (Å²) in [6.45, 7) is 4.32. The summed E-state index contributed by atoms with van der Waals surface area (Å²) in [5.41, 5.74) is 1.76. The average Bonchev–Trinajstić information content (AvgIpc) is 3.19. The molecule has 21 heavy (non-hydrogen) atoms. The molecule has 2 nitrogen and oxygen atoms in total. The summed E-state index contributed by atoms with van der Waals surface area (Å²) < 4.78 is 5.88. The first kappa shape index (κ1) is 15.6. The molecule has 4 heteroatoms. The number of hydrogen-bond donors (Lipinski definition) is 1. The maximum Gasteiger partial charge on any atom is 0.0648 e. The van der Waals surface area contributed by atoms with Crippen molar-refractivity contribution >= 4 is 23.2 Å². The number of nitrogens with one attached hydrogen (secondary N) is 1. The number of piperidine rings is 1. The lowest BCUT2D eigenvalue weighted by Crippen LogP contribution is -2.45. The van der Waals surface area contributed by atoms with Crippen molar-refractivity contribution in [1.82, 2.24) is 5.32 Å². The molecule has 2 aliphatic rings. The molecular formula is C17H23Cl2NO.